The Morgan fingerprint density at radius 2 is 1.66 bits per heavy atom. The molecule has 0 fully saturated rings. The zero-order valence-corrected chi connectivity index (χ0v) is 18.4. The van der Waals surface area contributed by atoms with Crippen molar-refractivity contribution in [2.75, 3.05) is 5.32 Å². The molecule has 0 saturated heterocycles. The quantitative estimate of drug-likeness (QED) is 0.427. The van der Waals surface area contributed by atoms with Gasteiger partial charge in [0, 0.05) is 22.7 Å². The van der Waals surface area contributed by atoms with Gasteiger partial charge < -0.3 is 10.1 Å². The van der Waals surface area contributed by atoms with Crippen molar-refractivity contribution in [3.8, 4) is 11.4 Å². The zero-order chi connectivity index (χ0) is 23.3. The van der Waals surface area contributed by atoms with Gasteiger partial charge in [0.25, 0.3) is 0 Å². The molecule has 1 atom stereocenters. The minimum absolute atomic E-state index is 0.112. The van der Waals surface area contributed by atoms with Crippen LogP contribution >= 0.6 is 0 Å². The maximum absolute atomic E-state index is 12.6. The summed E-state index contributed by atoms with van der Waals surface area (Å²) in [5.41, 5.74) is 2.85. The molecule has 3 rings (SSSR count). The van der Waals surface area contributed by atoms with Crippen LogP contribution in [0.25, 0.3) is 11.4 Å². The Morgan fingerprint density at radius 1 is 1.00 bits per heavy atom. The number of esters is 1. The molecule has 2 aromatic carbocycles. The van der Waals surface area contributed by atoms with Gasteiger partial charge in [-0.2, -0.15) is 4.80 Å². The number of rotatable bonds is 8. The number of tetrazole rings is 1. The van der Waals surface area contributed by atoms with E-state index in [1.807, 2.05) is 31.2 Å². The first-order valence-corrected chi connectivity index (χ1v) is 10.2. The van der Waals surface area contributed by atoms with Crippen molar-refractivity contribution in [1.82, 2.24) is 20.2 Å². The van der Waals surface area contributed by atoms with Gasteiger partial charge in [-0.25, -0.2) is 4.79 Å². The summed E-state index contributed by atoms with van der Waals surface area (Å²) in [6.45, 7) is 6.80. The SMILES string of the molecule is Cc1ccc(-c2nnn(CC(=O)O[C@@H](C)C(=O)c3ccc(NC(=O)C(C)C)cc3)n2)cc1. The Hall–Kier alpha value is -3.88. The summed E-state index contributed by atoms with van der Waals surface area (Å²) in [5, 5.41) is 14.7. The van der Waals surface area contributed by atoms with E-state index < -0.39 is 12.1 Å². The third kappa shape index (κ3) is 5.84. The van der Waals surface area contributed by atoms with Gasteiger partial charge >= 0.3 is 5.97 Å². The number of carbonyl (C=O) groups excluding carboxylic acids is 3. The molecule has 0 saturated carbocycles. The Morgan fingerprint density at radius 3 is 2.28 bits per heavy atom. The number of nitrogens with one attached hydrogen (secondary N) is 1. The van der Waals surface area contributed by atoms with Crippen molar-refractivity contribution in [3.05, 3.63) is 59.7 Å². The molecule has 1 amide bonds. The standard InChI is InChI=1S/C23H25N5O4/c1-14(2)23(31)24-19-11-9-17(10-12-19)21(30)16(4)32-20(29)13-28-26-22(25-27-28)18-7-5-15(3)6-8-18/h5-12,14,16H,13H2,1-4H3,(H,24,31)/t16-/m0/s1. The number of aromatic nitrogens is 4. The van der Waals surface area contributed by atoms with Gasteiger partial charge in [0.2, 0.25) is 17.5 Å². The number of hydrogen-bond acceptors (Lipinski definition) is 7. The third-order valence-corrected chi connectivity index (χ3v) is 4.67. The Labute approximate surface area is 185 Å². The van der Waals surface area contributed by atoms with Crippen LogP contribution in [0, 0.1) is 12.8 Å². The molecule has 32 heavy (non-hydrogen) atoms. The van der Waals surface area contributed by atoms with Gasteiger partial charge in [0.05, 0.1) is 0 Å². The first-order valence-electron chi connectivity index (χ1n) is 10.2. The summed E-state index contributed by atoms with van der Waals surface area (Å²) in [7, 11) is 0. The third-order valence-electron chi connectivity index (χ3n) is 4.67. The van der Waals surface area contributed by atoms with Crippen LogP contribution in [0.1, 0.15) is 36.7 Å². The van der Waals surface area contributed by atoms with Crippen LogP contribution in [0.2, 0.25) is 0 Å². The lowest BCUT2D eigenvalue weighted by atomic mass is 10.1. The highest BCUT2D eigenvalue weighted by Gasteiger charge is 2.21. The zero-order valence-electron chi connectivity index (χ0n) is 18.4. The Kier molecular flexibility index (Phi) is 7.09. The topological polar surface area (TPSA) is 116 Å². The fourth-order valence-electron chi connectivity index (χ4n) is 2.77. The largest absolute Gasteiger partial charge is 0.453 e. The normalized spacial score (nSPS) is 11.8. The summed E-state index contributed by atoms with van der Waals surface area (Å²) < 4.78 is 5.24. The van der Waals surface area contributed by atoms with Crippen molar-refractivity contribution < 1.29 is 19.1 Å². The smallest absolute Gasteiger partial charge is 0.330 e. The molecule has 0 aliphatic heterocycles. The molecule has 166 valence electrons. The second-order valence-corrected chi connectivity index (χ2v) is 7.73. The maximum atomic E-state index is 12.6. The fourth-order valence-corrected chi connectivity index (χ4v) is 2.77. The van der Waals surface area contributed by atoms with Crippen LogP contribution in [0.15, 0.2) is 48.5 Å². The van der Waals surface area contributed by atoms with Gasteiger partial charge in [0.1, 0.15) is 0 Å². The molecule has 0 aliphatic rings. The number of aryl methyl sites for hydroxylation is 1. The molecule has 9 heteroatoms. The van der Waals surface area contributed by atoms with Crippen LogP contribution in [0.4, 0.5) is 5.69 Å². The van der Waals surface area contributed by atoms with Crippen LogP contribution < -0.4 is 5.32 Å². The lowest BCUT2D eigenvalue weighted by Crippen LogP contribution is -2.27. The van der Waals surface area contributed by atoms with E-state index in [9.17, 15) is 14.4 Å². The van der Waals surface area contributed by atoms with Crippen molar-refractivity contribution in [1.29, 1.82) is 0 Å². The van der Waals surface area contributed by atoms with E-state index in [2.05, 4.69) is 20.7 Å². The van der Waals surface area contributed by atoms with Gasteiger partial charge in [-0.1, -0.05) is 43.7 Å². The first-order chi connectivity index (χ1) is 15.2. The summed E-state index contributed by atoms with van der Waals surface area (Å²) in [6.07, 6.45) is -0.987. The number of benzene rings is 2. The first kappa shape index (κ1) is 22.8. The molecule has 0 bridgehead atoms. The molecule has 0 spiro atoms. The number of hydrogen-bond donors (Lipinski definition) is 1. The Bertz CT molecular complexity index is 1100. The highest BCUT2D eigenvalue weighted by molar-refractivity contribution is 6.00. The van der Waals surface area contributed by atoms with E-state index in [1.165, 1.54) is 6.92 Å². The van der Waals surface area contributed by atoms with E-state index in [4.69, 9.17) is 4.74 Å². The predicted octanol–water partition coefficient (Wildman–Crippen LogP) is 3.06. The maximum Gasteiger partial charge on any atom is 0.330 e. The van der Waals surface area contributed by atoms with Crippen LogP contribution in [-0.4, -0.2) is 44.0 Å². The summed E-state index contributed by atoms with van der Waals surface area (Å²) in [6, 6.07) is 14.0. The minimum atomic E-state index is -0.987. The van der Waals surface area contributed by atoms with Crippen LogP contribution in [0.3, 0.4) is 0 Å². The summed E-state index contributed by atoms with van der Waals surface area (Å²) in [4.78, 5) is 37.7. The van der Waals surface area contributed by atoms with Crippen molar-refractivity contribution in [2.24, 2.45) is 5.92 Å². The van der Waals surface area contributed by atoms with E-state index in [-0.39, 0.29) is 24.2 Å². The summed E-state index contributed by atoms with van der Waals surface area (Å²) in [5.74, 6) is -0.875. The van der Waals surface area contributed by atoms with Crippen LogP contribution in [0.5, 0.6) is 0 Å². The number of ketones is 1. The molecule has 0 aliphatic carbocycles. The molecule has 0 radical (unpaired) electrons. The van der Waals surface area contributed by atoms with Gasteiger partial charge in [-0.3, -0.25) is 9.59 Å². The number of carbonyl (C=O) groups is 3. The van der Waals surface area contributed by atoms with Crippen molar-refractivity contribution in [3.63, 3.8) is 0 Å². The highest BCUT2D eigenvalue weighted by atomic mass is 16.5. The molecule has 9 nitrogen and oxygen atoms in total. The molecule has 1 aromatic heterocycles. The van der Waals surface area contributed by atoms with Gasteiger partial charge in [0.15, 0.2) is 12.6 Å². The second-order valence-electron chi connectivity index (χ2n) is 7.73. The molecule has 1 heterocycles. The van der Waals surface area contributed by atoms with E-state index in [0.717, 1.165) is 15.9 Å². The van der Waals surface area contributed by atoms with E-state index >= 15 is 0 Å². The van der Waals surface area contributed by atoms with E-state index in [1.54, 1.807) is 38.1 Å². The average molecular weight is 435 g/mol. The Balaban J connectivity index is 1.55. The molecular weight excluding hydrogens is 410 g/mol. The lowest BCUT2D eigenvalue weighted by molar-refractivity contribution is -0.147. The molecule has 1 N–H and O–H groups in total. The molecule has 3 aromatic rings. The van der Waals surface area contributed by atoms with Crippen LogP contribution in [-0.2, 0) is 20.9 Å². The van der Waals surface area contributed by atoms with Crippen molar-refractivity contribution in [2.45, 2.75) is 40.3 Å². The number of ether oxygens (including phenoxy) is 1. The number of nitrogens with zero attached hydrogens (tertiary/aromatic N) is 4. The number of anilines is 1. The predicted molar refractivity (Wildman–Crippen MR) is 118 cm³/mol. The van der Waals surface area contributed by atoms with E-state index in [0.29, 0.717) is 17.1 Å². The number of amides is 1. The van der Waals surface area contributed by atoms with Gasteiger partial charge in [-0.05, 0) is 43.3 Å². The monoisotopic (exact) mass is 435 g/mol. The summed E-state index contributed by atoms with van der Waals surface area (Å²) >= 11 is 0. The number of Topliss-reactive ketones (excluding diaryl/α,β-unsaturated/α-hetero) is 1. The minimum Gasteiger partial charge on any atom is -0.453 e. The molecule has 0 unspecified atom stereocenters. The lowest BCUT2D eigenvalue weighted by Gasteiger charge is -2.13. The van der Waals surface area contributed by atoms with Crippen molar-refractivity contribution >= 4 is 23.3 Å². The second kappa shape index (κ2) is 9.95. The average Bonchev–Trinajstić information content (AvgIpc) is 3.22. The highest BCUT2D eigenvalue weighted by Crippen LogP contribution is 2.15. The van der Waals surface area contributed by atoms with Gasteiger partial charge in [-0.15, -0.1) is 10.2 Å². The molecular formula is C23H25N5O4. The fraction of sp³-hybridized carbons (Fsp3) is 0.304.